The molecule has 5 aliphatic heterocycles. The number of piperidine rings is 3. The van der Waals surface area contributed by atoms with E-state index in [1.54, 1.807) is 22.9 Å². The number of anilines is 5. The molecule has 2 aromatic carbocycles. The molecule has 8 rings (SSSR count). The van der Waals surface area contributed by atoms with Gasteiger partial charge >= 0.3 is 12.1 Å². The number of carbonyl (C=O) groups excluding carboxylic acids is 4. The number of nitrogens with one attached hydrogen (secondary N) is 2. The van der Waals surface area contributed by atoms with E-state index < -0.39 is 5.91 Å². The molecule has 16 nitrogen and oxygen atoms in total. The first-order valence-corrected chi connectivity index (χ1v) is 20.2. The van der Waals surface area contributed by atoms with Gasteiger partial charge in [0.2, 0.25) is 11.9 Å². The molecular formula is C40H51FN12O4. The maximum absolute atomic E-state index is 15.7. The Kier molecular flexibility index (Phi) is 11.1. The lowest BCUT2D eigenvalue weighted by molar-refractivity contribution is -0.120. The Bertz CT molecular complexity index is 1990. The molecule has 5 fully saturated rings. The number of imide groups is 1. The maximum Gasteiger partial charge on any atom is 0.328 e. The zero-order valence-corrected chi connectivity index (χ0v) is 32.4. The molecular weight excluding hydrogens is 732 g/mol. The zero-order valence-electron chi connectivity index (χ0n) is 32.4. The number of hydrogen-bond donors (Lipinski definition) is 3. The van der Waals surface area contributed by atoms with Gasteiger partial charge < -0.3 is 35.6 Å². The number of halogens is 1. The topological polar surface area (TPSA) is 176 Å². The molecule has 57 heavy (non-hydrogen) atoms. The molecule has 6 heterocycles. The van der Waals surface area contributed by atoms with E-state index in [-0.39, 0.29) is 47.3 Å². The number of hydrogen-bond acceptors (Lipinski definition) is 11. The first-order chi connectivity index (χ1) is 27.6. The molecule has 0 radical (unpaired) electrons. The number of amides is 6. The number of carbonyl (C=O) groups is 4. The summed E-state index contributed by atoms with van der Waals surface area (Å²) < 4.78 is 15.7. The number of primary amides is 1. The highest BCUT2D eigenvalue weighted by atomic mass is 19.1. The third kappa shape index (κ3) is 8.43. The van der Waals surface area contributed by atoms with Crippen LogP contribution in [0.1, 0.15) is 66.9 Å². The number of rotatable bonds is 10. The lowest BCUT2D eigenvalue weighted by atomic mass is 9.88. The molecule has 1 unspecified atom stereocenters. The van der Waals surface area contributed by atoms with E-state index >= 15 is 4.39 Å². The molecule has 1 atom stereocenters. The van der Waals surface area contributed by atoms with Crippen LogP contribution < -0.4 is 31.1 Å². The predicted molar refractivity (Wildman–Crippen MR) is 213 cm³/mol. The number of nitrogens with zero attached hydrogens (tertiary/aromatic N) is 9. The van der Waals surface area contributed by atoms with E-state index in [0.717, 1.165) is 82.6 Å². The summed E-state index contributed by atoms with van der Waals surface area (Å²) in [5.74, 6) is -0.202. The fraction of sp³-hybridized carbons (Fsp3) is 0.525. The molecule has 6 amide bonds. The minimum Gasteiger partial charge on any atom is -0.372 e. The van der Waals surface area contributed by atoms with Crippen molar-refractivity contribution >= 4 is 52.7 Å². The quantitative estimate of drug-likeness (QED) is 0.273. The van der Waals surface area contributed by atoms with Crippen molar-refractivity contribution in [3.8, 4) is 0 Å². The summed E-state index contributed by atoms with van der Waals surface area (Å²) in [5.41, 5.74) is 8.54. The summed E-state index contributed by atoms with van der Waals surface area (Å²) in [4.78, 5) is 65.4. The first-order valence-electron chi connectivity index (χ1n) is 20.2. The summed E-state index contributed by atoms with van der Waals surface area (Å²) in [7, 11) is 1.80. The third-order valence-corrected chi connectivity index (χ3v) is 12.3. The zero-order chi connectivity index (χ0) is 39.6. The van der Waals surface area contributed by atoms with Gasteiger partial charge in [0.15, 0.2) is 11.5 Å². The van der Waals surface area contributed by atoms with Gasteiger partial charge in [0.25, 0.3) is 5.91 Å². The van der Waals surface area contributed by atoms with Crippen molar-refractivity contribution < 1.29 is 23.6 Å². The summed E-state index contributed by atoms with van der Waals surface area (Å²) in [5, 5.41) is 13.8. The summed E-state index contributed by atoms with van der Waals surface area (Å²) in [6.07, 6.45) is 5.97. The van der Waals surface area contributed by atoms with Gasteiger partial charge in [-0.15, -0.1) is 10.2 Å². The van der Waals surface area contributed by atoms with Crippen LogP contribution in [0.4, 0.5) is 42.8 Å². The van der Waals surface area contributed by atoms with Gasteiger partial charge in [0.05, 0.1) is 6.04 Å². The smallest absolute Gasteiger partial charge is 0.328 e. The molecule has 0 bridgehead atoms. The fourth-order valence-corrected chi connectivity index (χ4v) is 8.99. The van der Waals surface area contributed by atoms with Crippen LogP contribution in [0, 0.1) is 11.7 Å². The molecule has 0 spiro atoms. The Balaban J connectivity index is 0.824. The minimum absolute atomic E-state index is 0.0178. The number of likely N-dealkylation sites (tertiary alicyclic amines) is 1. The van der Waals surface area contributed by atoms with E-state index in [9.17, 15) is 19.2 Å². The highest BCUT2D eigenvalue weighted by molar-refractivity contribution is 6.05. The lowest BCUT2D eigenvalue weighted by Crippen LogP contribution is -2.49. The Morgan fingerprint density at radius 2 is 1.63 bits per heavy atom. The Labute approximate surface area is 331 Å². The normalized spacial score (nSPS) is 21.7. The third-order valence-electron chi connectivity index (χ3n) is 12.3. The van der Waals surface area contributed by atoms with Gasteiger partial charge in [0.1, 0.15) is 5.82 Å². The van der Waals surface area contributed by atoms with Crippen LogP contribution in [0.2, 0.25) is 0 Å². The average molecular weight is 783 g/mol. The van der Waals surface area contributed by atoms with Gasteiger partial charge in [-0.2, -0.15) is 4.98 Å². The summed E-state index contributed by atoms with van der Waals surface area (Å²) in [6.45, 7) is 7.79. The number of aromatic nitrogens is 3. The summed E-state index contributed by atoms with van der Waals surface area (Å²) >= 11 is 0. The van der Waals surface area contributed by atoms with Crippen molar-refractivity contribution in [3.05, 3.63) is 59.5 Å². The number of likely N-dealkylation sites (N-methyl/N-ethyl adjacent to an activating group) is 1. The molecule has 5 saturated heterocycles. The van der Waals surface area contributed by atoms with Crippen LogP contribution in [0.25, 0.3) is 0 Å². The Morgan fingerprint density at radius 1 is 0.877 bits per heavy atom. The average Bonchev–Trinajstić information content (AvgIpc) is 3.55. The predicted octanol–water partition coefficient (Wildman–Crippen LogP) is 3.73. The standard InChI is InChI=1S/C40H51FN12O4/c1-48-21-22-53(40(48)57)31-3-2-15-51(25-31)38-45-37(35(36(42)55)46-47-38)43-28-4-9-32(33(41)23-28)27-12-16-49(17-13-27)24-26-10-18-50(19-11-26)29-5-7-30(8-6-29)52-20-14-34(54)44-39(52)56/h4-9,23,26-27,31H,2-3,10-22,24-25H2,1H3,(H2,42,55)(H,43,45,47)(H,44,54,56). The summed E-state index contributed by atoms with van der Waals surface area (Å²) in [6, 6.07) is 12.7. The largest absolute Gasteiger partial charge is 0.372 e. The monoisotopic (exact) mass is 782 g/mol. The van der Waals surface area contributed by atoms with Gasteiger partial charge in [-0.1, -0.05) is 6.07 Å². The maximum atomic E-state index is 15.7. The van der Waals surface area contributed by atoms with E-state index in [2.05, 4.69) is 47.7 Å². The van der Waals surface area contributed by atoms with Crippen molar-refractivity contribution in [1.29, 1.82) is 0 Å². The van der Waals surface area contributed by atoms with Gasteiger partial charge in [-0.25, -0.2) is 14.0 Å². The van der Waals surface area contributed by atoms with E-state index in [4.69, 9.17) is 5.73 Å². The highest BCUT2D eigenvalue weighted by Gasteiger charge is 2.35. The van der Waals surface area contributed by atoms with Crippen LogP contribution in [0.3, 0.4) is 0 Å². The Morgan fingerprint density at radius 3 is 2.32 bits per heavy atom. The number of urea groups is 2. The minimum atomic E-state index is -0.794. The van der Waals surface area contributed by atoms with Crippen molar-refractivity contribution in [2.75, 3.05) is 92.5 Å². The number of benzene rings is 2. The van der Waals surface area contributed by atoms with E-state index in [1.807, 2.05) is 28.0 Å². The van der Waals surface area contributed by atoms with Crippen molar-refractivity contribution in [2.24, 2.45) is 11.7 Å². The second-order valence-corrected chi connectivity index (χ2v) is 16.0. The van der Waals surface area contributed by atoms with Crippen molar-refractivity contribution in [3.63, 3.8) is 0 Å². The fourth-order valence-electron chi connectivity index (χ4n) is 8.99. The van der Waals surface area contributed by atoms with Crippen LogP contribution in [-0.2, 0) is 4.79 Å². The lowest BCUT2D eigenvalue weighted by Gasteiger charge is -2.38. The highest BCUT2D eigenvalue weighted by Crippen LogP contribution is 2.34. The molecule has 302 valence electrons. The van der Waals surface area contributed by atoms with E-state index in [0.29, 0.717) is 62.3 Å². The molecule has 0 aliphatic carbocycles. The molecule has 4 N–H and O–H groups in total. The second-order valence-electron chi connectivity index (χ2n) is 16.0. The SMILES string of the molecule is CN1CCN(C2CCCN(c3nnc(C(N)=O)c(Nc4ccc(C5CCN(CC6CCN(c7ccc(N8CCC(=O)NC8=O)cc7)CC6)CC5)c(F)c4)n3)C2)C1=O. The second kappa shape index (κ2) is 16.5. The molecule has 1 aromatic heterocycles. The molecule has 17 heteroatoms. The van der Waals surface area contributed by atoms with Crippen molar-refractivity contribution in [1.82, 2.24) is 35.2 Å². The van der Waals surface area contributed by atoms with Crippen molar-refractivity contribution in [2.45, 2.75) is 56.9 Å². The Hall–Kier alpha value is -5.58. The van der Waals surface area contributed by atoms with Gasteiger partial charge in [-0.05, 0) is 105 Å². The van der Waals surface area contributed by atoms with Crippen LogP contribution >= 0.6 is 0 Å². The van der Waals surface area contributed by atoms with E-state index in [1.165, 1.54) is 6.07 Å². The molecule has 0 saturated carbocycles. The van der Waals surface area contributed by atoms with Crippen LogP contribution in [0.15, 0.2) is 42.5 Å². The van der Waals surface area contributed by atoms with Crippen LogP contribution in [-0.4, -0.2) is 132 Å². The van der Waals surface area contributed by atoms with Crippen LogP contribution in [0.5, 0.6) is 0 Å². The van der Waals surface area contributed by atoms with Gasteiger partial charge in [0, 0.05) is 82.9 Å². The first kappa shape index (κ1) is 38.3. The molecule has 3 aromatic rings. The van der Waals surface area contributed by atoms with Gasteiger partial charge in [-0.3, -0.25) is 19.8 Å². The number of nitrogens with two attached hydrogens (primary N) is 1. The molecule has 5 aliphatic rings.